The molecule has 12 aromatic rings. The van der Waals surface area contributed by atoms with Gasteiger partial charge in [-0.2, -0.15) is 0 Å². The van der Waals surface area contributed by atoms with Crippen molar-refractivity contribution >= 4 is 54.4 Å². The number of fused-ring (bicyclic) bond motifs is 10. The molecule has 5 heteroatoms. The Morgan fingerprint density at radius 2 is 0.873 bits per heavy atom. The van der Waals surface area contributed by atoms with Crippen molar-refractivity contribution in [1.29, 1.82) is 0 Å². The van der Waals surface area contributed by atoms with Gasteiger partial charge in [-0.05, 0) is 76.2 Å². The van der Waals surface area contributed by atoms with Crippen LogP contribution in [0.3, 0.4) is 0 Å². The van der Waals surface area contributed by atoms with Crippen molar-refractivity contribution < 1.29 is 0 Å². The molecule has 0 aliphatic heterocycles. The van der Waals surface area contributed by atoms with E-state index in [0.29, 0.717) is 17.5 Å². The van der Waals surface area contributed by atoms with Crippen LogP contribution in [0.15, 0.2) is 200 Å². The van der Waals surface area contributed by atoms with Crippen LogP contribution in [0.2, 0.25) is 0 Å². The van der Waals surface area contributed by atoms with Crippen molar-refractivity contribution in [2.75, 3.05) is 0 Å². The van der Waals surface area contributed by atoms with Crippen LogP contribution in [-0.4, -0.2) is 24.1 Å². The minimum atomic E-state index is -0.160. The summed E-state index contributed by atoms with van der Waals surface area (Å²) in [7, 11) is 0. The van der Waals surface area contributed by atoms with Gasteiger partial charge in [-0.3, -0.25) is 0 Å². The second kappa shape index (κ2) is 13.4. The van der Waals surface area contributed by atoms with Gasteiger partial charge in [-0.15, -0.1) is 0 Å². The predicted octanol–water partition coefficient (Wildman–Crippen LogP) is 14.5. The summed E-state index contributed by atoms with van der Waals surface area (Å²) in [6.45, 7) is 4.73. The van der Waals surface area contributed by atoms with Crippen LogP contribution in [-0.2, 0) is 5.41 Å². The SMILES string of the molecule is CC1(C)c2ccccc2-c2cc3c4ccc(-n5c6ccccc6c6ccccc65)cc4n(-c4ccc(-c5nc(-c6ccccc6)nc(-c6ccccc6)n5)c5ccccc45)c3cc21. The molecule has 0 saturated carbocycles. The van der Waals surface area contributed by atoms with Crippen molar-refractivity contribution in [3.63, 3.8) is 0 Å². The van der Waals surface area contributed by atoms with E-state index in [2.05, 4.69) is 187 Å². The van der Waals surface area contributed by atoms with Crippen molar-refractivity contribution in [2.45, 2.75) is 19.3 Å². The topological polar surface area (TPSA) is 48.5 Å². The molecule has 296 valence electrons. The molecule has 9 aromatic carbocycles. The third kappa shape index (κ3) is 5.26. The lowest BCUT2D eigenvalue weighted by atomic mass is 9.82. The first-order chi connectivity index (χ1) is 31.0. The summed E-state index contributed by atoms with van der Waals surface area (Å²) in [6, 6.07) is 71.9. The molecule has 0 saturated heterocycles. The molecule has 3 aromatic heterocycles. The molecule has 1 aliphatic carbocycles. The maximum atomic E-state index is 5.17. The number of aromatic nitrogens is 5. The van der Waals surface area contributed by atoms with Gasteiger partial charge in [0.1, 0.15) is 0 Å². The third-order valence-corrected chi connectivity index (χ3v) is 13.4. The second-order valence-electron chi connectivity index (χ2n) is 17.2. The summed E-state index contributed by atoms with van der Waals surface area (Å²) in [5.74, 6) is 1.92. The lowest BCUT2D eigenvalue weighted by molar-refractivity contribution is 0.661. The highest BCUT2D eigenvalue weighted by molar-refractivity contribution is 6.15. The molecule has 3 heterocycles. The Bertz CT molecular complexity index is 3710. The highest BCUT2D eigenvalue weighted by Crippen LogP contribution is 2.51. The second-order valence-corrected chi connectivity index (χ2v) is 17.2. The van der Waals surface area contributed by atoms with Gasteiger partial charge in [0, 0.05) is 54.7 Å². The van der Waals surface area contributed by atoms with Crippen molar-refractivity contribution in [3.05, 3.63) is 211 Å². The first-order valence-electron chi connectivity index (χ1n) is 21.6. The number of hydrogen-bond donors (Lipinski definition) is 0. The number of benzene rings is 9. The highest BCUT2D eigenvalue weighted by Gasteiger charge is 2.36. The van der Waals surface area contributed by atoms with E-state index in [9.17, 15) is 0 Å². The minimum Gasteiger partial charge on any atom is -0.309 e. The van der Waals surface area contributed by atoms with Crippen LogP contribution >= 0.6 is 0 Å². The van der Waals surface area contributed by atoms with E-state index in [4.69, 9.17) is 15.0 Å². The summed E-state index contributed by atoms with van der Waals surface area (Å²) in [5.41, 5.74) is 15.0. The van der Waals surface area contributed by atoms with Crippen LogP contribution in [0.25, 0.3) is 111 Å². The molecular weight excluding hydrogens is 767 g/mol. The van der Waals surface area contributed by atoms with E-state index in [-0.39, 0.29) is 5.41 Å². The lowest BCUT2D eigenvalue weighted by Gasteiger charge is -2.22. The fraction of sp³-hybridized carbons (Fsp3) is 0.0517. The Morgan fingerprint density at radius 1 is 0.333 bits per heavy atom. The Balaban J connectivity index is 1.10. The van der Waals surface area contributed by atoms with E-state index < -0.39 is 0 Å². The molecule has 0 fully saturated rings. The summed E-state index contributed by atoms with van der Waals surface area (Å²) in [6.07, 6.45) is 0. The van der Waals surface area contributed by atoms with E-state index >= 15 is 0 Å². The Morgan fingerprint density at radius 3 is 1.56 bits per heavy atom. The molecule has 0 radical (unpaired) electrons. The minimum absolute atomic E-state index is 0.160. The van der Waals surface area contributed by atoms with E-state index in [1.807, 2.05) is 36.4 Å². The molecule has 63 heavy (non-hydrogen) atoms. The summed E-state index contributed by atoms with van der Waals surface area (Å²) in [5, 5.41) is 7.12. The smallest absolute Gasteiger partial charge is 0.164 e. The van der Waals surface area contributed by atoms with Gasteiger partial charge in [0.25, 0.3) is 0 Å². The van der Waals surface area contributed by atoms with Gasteiger partial charge in [0.15, 0.2) is 17.5 Å². The molecule has 0 amide bonds. The number of rotatable bonds is 5. The van der Waals surface area contributed by atoms with Crippen LogP contribution in [0, 0.1) is 0 Å². The molecule has 0 bridgehead atoms. The number of nitrogens with zero attached hydrogens (tertiary/aromatic N) is 5. The fourth-order valence-corrected chi connectivity index (χ4v) is 10.4. The van der Waals surface area contributed by atoms with Crippen LogP contribution in [0.1, 0.15) is 25.0 Å². The normalized spacial score (nSPS) is 13.0. The monoisotopic (exact) mass is 805 g/mol. The van der Waals surface area contributed by atoms with Crippen LogP contribution < -0.4 is 0 Å². The Hall–Kier alpha value is -8.15. The van der Waals surface area contributed by atoms with Crippen molar-refractivity contribution in [3.8, 4) is 56.7 Å². The number of hydrogen-bond acceptors (Lipinski definition) is 3. The first kappa shape index (κ1) is 35.6. The molecule has 5 nitrogen and oxygen atoms in total. The van der Waals surface area contributed by atoms with Gasteiger partial charge in [0.2, 0.25) is 0 Å². The van der Waals surface area contributed by atoms with Gasteiger partial charge < -0.3 is 9.13 Å². The summed E-state index contributed by atoms with van der Waals surface area (Å²) < 4.78 is 4.92. The van der Waals surface area contributed by atoms with Gasteiger partial charge in [-0.25, -0.2) is 15.0 Å². The van der Waals surface area contributed by atoms with Gasteiger partial charge in [-0.1, -0.05) is 166 Å². The van der Waals surface area contributed by atoms with Gasteiger partial charge in [0.05, 0.1) is 27.8 Å². The van der Waals surface area contributed by atoms with Gasteiger partial charge >= 0.3 is 0 Å². The standard InChI is InChI=1S/C58H39N5/c1-58(2)48-26-14-11-22-40(48)46-34-47-44-30-29-38(62-50-27-15-12-24-42(50)43-25-13-16-28-51(43)62)33-53(44)63(54(47)35-49(46)58)52-32-31-45(39-21-9-10-23-41(39)52)57-60-55(36-17-5-3-6-18-36)59-56(61-57)37-19-7-4-8-20-37/h3-35H,1-2H3. The molecule has 0 N–H and O–H groups in total. The molecule has 13 rings (SSSR count). The number of para-hydroxylation sites is 2. The molecule has 0 atom stereocenters. The quantitative estimate of drug-likeness (QED) is 0.174. The van der Waals surface area contributed by atoms with Crippen molar-refractivity contribution in [1.82, 2.24) is 24.1 Å². The first-order valence-corrected chi connectivity index (χ1v) is 21.6. The van der Waals surface area contributed by atoms with E-state index in [1.54, 1.807) is 0 Å². The zero-order valence-corrected chi connectivity index (χ0v) is 34.8. The van der Waals surface area contributed by atoms with E-state index in [0.717, 1.165) is 44.4 Å². The molecule has 0 spiro atoms. The summed E-state index contributed by atoms with van der Waals surface area (Å²) >= 11 is 0. The largest absolute Gasteiger partial charge is 0.309 e. The average Bonchev–Trinajstić information content (AvgIpc) is 3.93. The molecule has 0 unspecified atom stereocenters. The Kier molecular flexibility index (Phi) is 7.58. The molecule has 1 aliphatic rings. The van der Waals surface area contributed by atoms with Crippen LogP contribution in [0.4, 0.5) is 0 Å². The lowest BCUT2D eigenvalue weighted by Crippen LogP contribution is -2.15. The fourth-order valence-electron chi connectivity index (χ4n) is 10.4. The van der Waals surface area contributed by atoms with E-state index in [1.165, 1.54) is 60.3 Å². The maximum Gasteiger partial charge on any atom is 0.164 e. The predicted molar refractivity (Wildman–Crippen MR) is 260 cm³/mol. The molecular formula is C58H39N5. The highest BCUT2D eigenvalue weighted by atomic mass is 15.0. The average molecular weight is 806 g/mol. The summed E-state index contributed by atoms with van der Waals surface area (Å²) in [4.78, 5) is 15.3. The van der Waals surface area contributed by atoms with Crippen LogP contribution in [0.5, 0.6) is 0 Å². The zero-order chi connectivity index (χ0) is 41.8. The maximum absolute atomic E-state index is 5.17. The third-order valence-electron chi connectivity index (χ3n) is 13.4. The zero-order valence-electron chi connectivity index (χ0n) is 34.8. The Labute approximate surface area is 364 Å². The van der Waals surface area contributed by atoms with Crippen molar-refractivity contribution in [2.24, 2.45) is 0 Å².